The quantitative estimate of drug-likeness (QED) is 0.390. The molecule has 0 aromatic carbocycles. The van der Waals surface area contributed by atoms with Gasteiger partial charge >= 0.3 is 12.1 Å². The molecule has 7 atom stereocenters. The first kappa shape index (κ1) is 28.6. The second-order valence-corrected chi connectivity index (χ2v) is 13.2. The number of nitrogens with one attached hydrogen (secondary N) is 1. The molecule has 6 rings (SSSR count). The Morgan fingerprint density at radius 1 is 1.07 bits per heavy atom. The first-order chi connectivity index (χ1) is 18.9. The van der Waals surface area contributed by atoms with Crippen molar-refractivity contribution in [2.75, 3.05) is 32.7 Å². The van der Waals surface area contributed by atoms with Crippen LogP contribution in [0.3, 0.4) is 0 Å². The van der Waals surface area contributed by atoms with Gasteiger partial charge < -0.3 is 20.4 Å². The molecular weight excluding hydrogens is 527 g/mol. The van der Waals surface area contributed by atoms with Gasteiger partial charge in [0.15, 0.2) is 0 Å². The van der Waals surface area contributed by atoms with Crippen molar-refractivity contribution in [2.45, 2.75) is 82.1 Å². The molecule has 0 amide bonds. The third-order valence-electron chi connectivity index (χ3n) is 11.2. The number of piperazine rings is 1. The maximum Gasteiger partial charge on any atom is 0.456 e. The average Bonchev–Trinajstić information content (AvgIpc) is 3.20. The maximum absolute atomic E-state index is 15.2. The molecule has 1 saturated heterocycles. The van der Waals surface area contributed by atoms with E-state index in [-0.39, 0.29) is 24.7 Å². The van der Waals surface area contributed by atoms with Crippen LogP contribution in [0, 0.1) is 29.1 Å². The lowest BCUT2D eigenvalue weighted by atomic mass is 9.50. The first-order valence-corrected chi connectivity index (χ1v) is 15.0. The Morgan fingerprint density at radius 3 is 2.50 bits per heavy atom. The molecule has 5 unspecified atom stereocenters. The molecule has 2 saturated carbocycles. The van der Waals surface area contributed by atoms with Gasteiger partial charge in [-0.15, -0.1) is 0 Å². The number of fused-ring (bicyclic) bond motifs is 4. The second-order valence-electron chi connectivity index (χ2n) is 13.2. The molecule has 4 nitrogen and oxygen atoms in total. The zero-order valence-corrected chi connectivity index (χ0v) is 23.1. The Hall–Kier alpha value is -1.55. The third-order valence-corrected chi connectivity index (χ3v) is 11.2. The minimum atomic E-state index is -5.82. The molecule has 9 heteroatoms. The summed E-state index contributed by atoms with van der Waals surface area (Å²) in [5.41, 5.74) is -0.329. The van der Waals surface area contributed by atoms with Crippen LogP contribution in [-0.2, 0) is 0 Å². The fourth-order valence-electron chi connectivity index (χ4n) is 9.13. The fourth-order valence-corrected chi connectivity index (χ4v) is 9.13. The molecule has 3 fully saturated rings. The monoisotopic (exact) mass is 568 g/mol. The summed E-state index contributed by atoms with van der Waals surface area (Å²) in [5, 5.41) is 25.1. The Morgan fingerprint density at radius 2 is 1.82 bits per heavy atom. The molecular formula is C31H41F5N2O2. The van der Waals surface area contributed by atoms with Crippen molar-refractivity contribution in [1.29, 1.82) is 0 Å². The highest BCUT2D eigenvalue weighted by molar-refractivity contribution is 5.49. The van der Waals surface area contributed by atoms with Crippen LogP contribution in [0.5, 0.6) is 0 Å². The van der Waals surface area contributed by atoms with Crippen LogP contribution in [0.4, 0.5) is 22.0 Å². The van der Waals surface area contributed by atoms with E-state index in [1.807, 2.05) is 6.08 Å². The van der Waals surface area contributed by atoms with E-state index in [1.54, 1.807) is 0 Å². The van der Waals surface area contributed by atoms with E-state index in [2.05, 4.69) is 28.4 Å². The van der Waals surface area contributed by atoms with Crippen LogP contribution in [0.2, 0.25) is 0 Å². The Labute approximate surface area is 233 Å². The topological polar surface area (TPSA) is 55.7 Å². The van der Waals surface area contributed by atoms with Crippen LogP contribution >= 0.6 is 0 Å². The summed E-state index contributed by atoms with van der Waals surface area (Å²) in [5.74, 6) is -5.81. The van der Waals surface area contributed by atoms with E-state index >= 15 is 8.78 Å². The van der Waals surface area contributed by atoms with Crippen LogP contribution in [0.25, 0.3) is 0 Å². The molecule has 0 spiro atoms. The summed E-state index contributed by atoms with van der Waals surface area (Å²) in [6.07, 6.45) is 5.02. The predicted molar refractivity (Wildman–Crippen MR) is 143 cm³/mol. The number of allylic oxidation sites excluding steroid dienone is 6. The van der Waals surface area contributed by atoms with E-state index < -0.39 is 41.6 Å². The van der Waals surface area contributed by atoms with Gasteiger partial charge in [-0.2, -0.15) is 22.0 Å². The molecule has 5 aliphatic carbocycles. The molecule has 3 N–H and O–H groups in total. The van der Waals surface area contributed by atoms with E-state index in [4.69, 9.17) is 0 Å². The van der Waals surface area contributed by atoms with Crippen LogP contribution in [0.1, 0.15) is 58.3 Å². The molecule has 0 radical (unpaired) electrons. The minimum absolute atomic E-state index is 0.0592. The summed E-state index contributed by atoms with van der Waals surface area (Å²) in [6, 6.07) is 0. The third kappa shape index (κ3) is 4.36. The number of halogens is 5. The van der Waals surface area contributed by atoms with Gasteiger partial charge in [-0.1, -0.05) is 36.8 Å². The lowest BCUT2D eigenvalue weighted by Crippen LogP contribution is -2.65. The van der Waals surface area contributed by atoms with Crippen molar-refractivity contribution in [3.05, 3.63) is 46.6 Å². The number of nitrogens with zero attached hydrogens (tertiary/aromatic N) is 1. The van der Waals surface area contributed by atoms with Crippen LogP contribution in [-0.4, -0.2) is 71.6 Å². The fraction of sp³-hybridized carbons (Fsp3) is 0.742. The van der Waals surface area contributed by atoms with E-state index in [1.165, 1.54) is 18.1 Å². The van der Waals surface area contributed by atoms with Gasteiger partial charge in [0, 0.05) is 44.1 Å². The summed E-state index contributed by atoms with van der Waals surface area (Å²) in [6.45, 7) is 6.35. The van der Waals surface area contributed by atoms with E-state index in [0.29, 0.717) is 31.6 Å². The van der Waals surface area contributed by atoms with Crippen molar-refractivity contribution in [1.82, 2.24) is 10.2 Å². The number of alkyl halides is 5. The van der Waals surface area contributed by atoms with Crippen molar-refractivity contribution < 1.29 is 32.2 Å². The normalized spacial score (nSPS) is 40.8. The van der Waals surface area contributed by atoms with Crippen molar-refractivity contribution in [3.8, 4) is 0 Å². The molecule has 222 valence electrons. The molecule has 1 heterocycles. The summed E-state index contributed by atoms with van der Waals surface area (Å²) in [4.78, 5) is 2.43. The number of aliphatic hydroxyl groups is 2. The van der Waals surface area contributed by atoms with Crippen molar-refractivity contribution >= 4 is 0 Å². The Bertz CT molecular complexity index is 1140. The smallest absolute Gasteiger partial charge is 0.389 e. The number of hydrogen-bond donors (Lipinski definition) is 3. The zero-order chi connectivity index (χ0) is 28.5. The van der Waals surface area contributed by atoms with Crippen LogP contribution < -0.4 is 5.32 Å². The highest BCUT2D eigenvalue weighted by Gasteiger charge is 2.79. The zero-order valence-electron chi connectivity index (χ0n) is 23.1. The highest BCUT2D eigenvalue weighted by Crippen LogP contribution is 2.70. The molecule has 0 aromatic heterocycles. The molecule has 6 aliphatic rings. The van der Waals surface area contributed by atoms with Crippen molar-refractivity contribution in [3.63, 3.8) is 0 Å². The minimum Gasteiger partial charge on any atom is -0.389 e. The molecule has 1 aliphatic heterocycles. The second kappa shape index (κ2) is 10.0. The van der Waals surface area contributed by atoms with E-state index in [0.717, 1.165) is 50.3 Å². The van der Waals surface area contributed by atoms with Gasteiger partial charge in [-0.25, -0.2) is 0 Å². The standard InChI is InChI=1S/C31H41F5N2O2/c1-28-17-25(20-4-2-19(3-5-20)18-38-14-12-37-13-15-38)27-23-9-7-22(39)16-21(23)6-8-24(27)26(28)10-11-29(28,40)30(32,33)31(34,35)36/h2,4-5,16,19,22,24-26,37,39-40H,3,6-15,17-18H2,1H3/t19?,22?,24?,25-,26?,28?,29+/m1/s1. The summed E-state index contributed by atoms with van der Waals surface area (Å²) >= 11 is 0. The largest absolute Gasteiger partial charge is 0.456 e. The van der Waals surface area contributed by atoms with Crippen molar-refractivity contribution in [2.24, 2.45) is 29.1 Å². The van der Waals surface area contributed by atoms with Gasteiger partial charge in [-0.05, 0) is 85.8 Å². The van der Waals surface area contributed by atoms with E-state index in [9.17, 15) is 23.4 Å². The van der Waals surface area contributed by atoms with Crippen LogP contribution in [0.15, 0.2) is 46.6 Å². The lowest BCUT2D eigenvalue weighted by molar-refractivity contribution is -0.362. The number of rotatable bonds is 4. The summed E-state index contributed by atoms with van der Waals surface area (Å²) in [7, 11) is 0. The van der Waals surface area contributed by atoms with Gasteiger partial charge in [0.25, 0.3) is 0 Å². The molecule has 40 heavy (non-hydrogen) atoms. The number of aliphatic hydroxyl groups excluding tert-OH is 1. The average molecular weight is 569 g/mol. The van der Waals surface area contributed by atoms with Gasteiger partial charge in [-0.3, -0.25) is 0 Å². The number of hydrogen-bond acceptors (Lipinski definition) is 4. The molecule has 0 aromatic rings. The Kier molecular flexibility index (Phi) is 7.16. The summed E-state index contributed by atoms with van der Waals surface area (Å²) < 4.78 is 71.6. The SMILES string of the molecule is CC12C[C@H](C3=CCC(CN4CCNCC4)C=C3)C3=C4CCC(O)C=C4CCC3C1CC[C@@]2(O)C(F)(F)C(F)(F)F. The Balaban J connectivity index is 1.37. The maximum atomic E-state index is 15.2. The van der Waals surface area contributed by atoms with Gasteiger partial charge in [0.1, 0.15) is 5.60 Å². The molecule has 0 bridgehead atoms. The predicted octanol–water partition coefficient (Wildman–Crippen LogP) is 5.55. The lowest BCUT2D eigenvalue weighted by Gasteiger charge is -2.56. The first-order valence-electron chi connectivity index (χ1n) is 15.0. The highest BCUT2D eigenvalue weighted by atomic mass is 19.4. The van der Waals surface area contributed by atoms with Gasteiger partial charge in [0.2, 0.25) is 0 Å². The van der Waals surface area contributed by atoms with Gasteiger partial charge in [0.05, 0.1) is 6.10 Å².